The molecule has 2 aromatic carbocycles. The molecule has 0 aliphatic carbocycles. The van der Waals surface area contributed by atoms with Gasteiger partial charge in [-0.25, -0.2) is 0 Å². The third-order valence-corrected chi connectivity index (χ3v) is 5.91. The van der Waals surface area contributed by atoms with E-state index in [1.165, 1.54) is 4.90 Å². The summed E-state index contributed by atoms with van der Waals surface area (Å²) in [7, 11) is 0. The Labute approximate surface area is 186 Å². The molecule has 154 valence electrons. The van der Waals surface area contributed by atoms with Gasteiger partial charge in [0.25, 0.3) is 0 Å². The van der Waals surface area contributed by atoms with Crippen molar-refractivity contribution >= 4 is 52.3 Å². The van der Waals surface area contributed by atoms with Crippen LogP contribution in [0.25, 0.3) is 0 Å². The molecule has 0 saturated carbocycles. The lowest BCUT2D eigenvalue weighted by molar-refractivity contribution is -0.134. The van der Waals surface area contributed by atoms with Gasteiger partial charge in [0, 0.05) is 41.0 Å². The topological polar surface area (TPSA) is 53.6 Å². The van der Waals surface area contributed by atoms with E-state index in [4.69, 9.17) is 28.6 Å². The minimum atomic E-state index is 0.143. The van der Waals surface area contributed by atoms with E-state index in [2.05, 4.69) is 10.6 Å². The highest BCUT2D eigenvalue weighted by atomic mass is 35.5. The molecule has 8 heteroatoms. The van der Waals surface area contributed by atoms with Crippen LogP contribution in [0.2, 0.25) is 5.02 Å². The lowest BCUT2D eigenvalue weighted by Gasteiger charge is -2.26. The minimum absolute atomic E-state index is 0.143. The number of thioether (sulfide) groups is 1. The summed E-state index contributed by atoms with van der Waals surface area (Å²) in [6.07, 6.45) is 0.408. The summed E-state index contributed by atoms with van der Waals surface area (Å²) in [5.74, 6) is 1.04. The van der Waals surface area contributed by atoms with Crippen molar-refractivity contribution in [2.24, 2.45) is 0 Å². The number of carbonyl (C=O) groups excluding carboxylic acids is 1. The Morgan fingerprint density at radius 3 is 2.48 bits per heavy atom. The van der Waals surface area contributed by atoms with E-state index in [0.29, 0.717) is 37.8 Å². The molecule has 0 atom stereocenters. The summed E-state index contributed by atoms with van der Waals surface area (Å²) in [6.45, 7) is 3.35. The van der Waals surface area contributed by atoms with Gasteiger partial charge in [0.2, 0.25) is 5.91 Å². The smallest absolute Gasteiger partial charge is 0.227 e. The Morgan fingerprint density at radius 2 is 1.79 bits per heavy atom. The second kappa shape index (κ2) is 11.4. The van der Waals surface area contributed by atoms with E-state index >= 15 is 0 Å². The molecule has 0 aromatic heterocycles. The van der Waals surface area contributed by atoms with Gasteiger partial charge in [-0.1, -0.05) is 23.7 Å². The highest BCUT2D eigenvalue weighted by molar-refractivity contribution is 7.99. The molecule has 1 amide bonds. The number of rotatable bonds is 7. The van der Waals surface area contributed by atoms with E-state index in [9.17, 15) is 4.79 Å². The number of nitrogens with zero attached hydrogens (tertiary/aromatic N) is 1. The largest absolute Gasteiger partial charge is 0.378 e. The summed E-state index contributed by atoms with van der Waals surface area (Å²) < 4.78 is 5.29. The summed E-state index contributed by atoms with van der Waals surface area (Å²) in [5, 5.41) is 7.70. The number of hydrogen-bond donors (Lipinski definition) is 2. The van der Waals surface area contributed by atoms with Gasteiger partial charge in [0.15, 0.2) is 5.11 Å². The SMILES string of the molecule is O=C(Cc1ccc(NC(=S)NCCSc2ccc(Cl)cc2)cc1)N1CCOCC1. The van der Waals surface area contributed by atoms with Crippen LogP contribution in [0.1, 0.15) is 5.56 Å². The summed E-state index contributed by atoms with van der Waals surface area (Å²) >= 11 is 13.0. The van der Waals surface area contributed by atoms with Crippen LogP contribution in [0.5, 0.6) is 0 Å². The van der Waals surface area contributed by atoms with Gasteiger partial charge in [-0.3, -0.25) is 4.79 Å². The molecule has 0 radical (unpaired) electrons. The first kappa shape index (κ1) is 21.9. The summed E-state index contributed by atoms with van der Waals surface area (Å²) in [4.78, 5) is 15.3. The highest BCUT2D eigenvalue weighted by Crippen LogP contribution is 2.19. The highest BCUT2D eigenvalue weighted by Gasteiger charge is 2.16. The van der Waals surface area contributed by atoms with Gasteiger partial charge in [-0.15, -0.1) is 11.8 Å². The number of hydrogen-bond acceptors (Lipinski definition) is 4. The fourth-order valence-electron chi connectivity index (χ4n) is 2.84. The van der Waals surface area contributed by atoms with Crippen LogP contribution in [0.4, 0.5) is 5.69 Å². The van der Waals surface area contributed by atoms with Gasteiger partial charge in [0.05, 0.1) is 19.6 Å². The zero-order valence-corrected chi connectivity index (χ0v) is 18.4. The Morgan fingerprint density at radius 1 is 1.10 bits per heavy atom. The Kier molecular flexibility index (Phi) is 8.61. The maximum Gasteiger partial charge on any atom is 0.227 e. The molecular weight excluding hydrogens is 426 g/mol. The molecule has 1 heterocycles. The van der Waals surface area contributed by atoms with E-state index in [-0.39, 0.29) is 5.91 Å². The van der Waals surface area contributed by atoms with Crippen molar-refractivity contribution in [3.8, 4) is 0 Å². The molecule has 1 aliphatic heterocycles. The summed E-state index contributed by atoms with van der Waals surface area (Å²) in [6, 6.07) is 15.6. The fourth-order valence-corrected chi connectivity index (χ4v) is 3.96. The van der Waals surface area contributed by atoms with Crippen LogP contribution in [-0.2, 0) is 16.0 Å². The number of thiocarbonyl (C=S) groups is 1. The molecule has 29 heavy (non-hydrogen) atoms. The number of halogens is 1. The van der Waals surface area contributed by atoms with Gasteiger partial charge in [-0.05, 0) is 54.2 Å². The molecule has 5 nitrogen and oxygen atoms in total. The van der Waals surface area contributed by atoms with Crippen LogP contribution >= 0.6 is 35.6 Å². The molecular formula is C21H24ClN3O2S2. The van der Waals surface area contributed by atoms with Crippen molar-refractivity contribution in [3.63, 3.8) is 0 Å². The monoisotopic (exact) mass is 449 g/mol. The van der Waals surface area contributed by atoms with E-state index in [0.717, 1.165) is 28.6 Å². The van der Waals surface area contributed by atoms with E-state index < -0.39 is 0 Å². The van der Waals surface area contributed by atoms with Gasteiger partial charge < -0.3 is 20.3 Å². The standard InChI is InChI=1S/C21H24ClN3O2S2/c22-17-3-7-19(8-4-17)29-14-9-23-21(28)24-18-5-1-16(2-6-18)15-20(26)25-10-12-27-13-11-25/h1-8H,9-15H2,(H2,23,24,28). The quantitative estimate of drug-likeness (QED) is 0.381. The molecule has 2 aromatic rings. The first-order chi connectivity index (χ1) is 14.1. The number of carbonyl (C=O) groups is 1. The zero-order chi connectivity index (χ0) is 20.5. The maximum absolute atomic E-state index is 12.3. The summed E-state index contributed by atoms with van der Waals surface area (Å²) in [5.41, 5.74) is 1.89. The van der Waals surface area contributed by atoms with E-state index in [1.807, 2.05) is 53.4 Å². The first-order valence-electron chi connectivity index (χ1n) is 9.48. The molecule has 0 bridgehead atoms. The van der Waals surface area contributed by atoms with Crippen molar-refractivity contribution < 1.29 is 9.53 Å². The molecule has 2 N–H and O–H groups in total. The molecule has 0 spiro atoms. The number of anilines is 1. The number of amides is 1. The lowest BCUT2D eigenvalue weighted by atomic mass is 10.1. The van der Waals surface area contributed by atoms with Crippen molar-refractivity contribution in [2.75, 3.05) is 43.9 Å². The number of benzene rings is 2. The Bertz CT molecular complexity index is 810. The maximum atomic E-state index is 12.3. The molecule has 0 unspecified atom stereocenters. The normalized spacial score (nSPS) is 13.8. The fraction of sp³-hybridized carbons (Fsp3) is 0.333. The number of morpholine rings is 1. The lowest BCUT2D eigenvalue weighted by Crippen LogP contribution is -2.41. The van der Waals surface area contributed by atoms with Gasteiger partial charge >= 0.3 is 0 Å². The van der Waals surface area contributed by atoms with Crippen LogP contribution in [-0.4, -0.2) is 54.5 Å². The van der Waals surface area contributed by atoms with Crippen molar-refractivity contribution in [1.82, 2.24) is 10.2 Å². The second-order valence-electron chi connectivity index (χ2n) is 6.55. The van der Waals surface area contributed by atoms with Crippen LogP contribution in [0.3, 0.4) is 0 Å². The minimum Gasteiger partial charge on any atom is -0.378 e. The molecule has 1 aliphatic rings. The predicted molar refractivity (Wildman–Crippen MR) is 124 cm³/mol. The Balaban J connectivity index is 1.36. The second-order valence-corrected chi connectivity index (χ2v) is 8.56. The Hall–Kier alpha value is -1.80. The van der Waals surface area contributed by atoms with Crippen molar-refractivity contribution in [1.29, 1.82) is 0 Å². The van der Waals surface area contributed by atoms with Crippen LogP contribution in [0, 0.1) is 0 Å². The van der Waals surface area contributed by atoms with E-state index in [1.54, 1.807) is 11.8 Å². The predicted octanol–water partition coefficient (Wildman–Crippen LogP) is 3.82. The number of ether oxygens (including phenoxy) is 1. The average molecular weight is 450 g/mol. The van der Waals surface area contributed by atoms with Crippen LogP contribution in [0.15, 0.2) is 53.4 Å². The van der Waals surface area contributed by atoms with Crippen LogP contribution < -0.4 is 10.6 Å². The zero-order valence-electron chi connectivity index (χ0n) is 16.0. The molecule has 1 fully saturated rings. The molecule has 3 rings (SSSR count). The van der Waals surface area contributed by atoms with Gasteiger partial charge in [-0.2, -0.15) is 0 Å². The van der Waals surface area contributed by atoms with Gasteiger partial charge in [0.1, 0.15) is 0 Å². The third-order valence-electron chi connectivity index (χ3n) is 4.40. The number of nitrogens with one attached hydrogen (secondary N) is 2. The van der Waals surface area contributed by atoms with Crippen molar-refractivity contribution in [3.05, 3.63) is 59.1 Å². The first-order valence-corrected chi connectivity index (χ1v) is 11.2. The average Bonchev–Trinajstić information content (AvgIpc) is 2.74. The molecule has 1 saturated heterocycles. The third kappa shape index (κ3) is 7.51. The van der Waals surface area contributed by atoms with Crippen molar-refractivity contribution in [2.45, 2.75) is 11.3 Å².